The Kier molecular flexibility index (Phi) is 1.57. The molecular formula is C17H14. The molecule has 1 fully saturated rings. The van der Waals surface area contributed by atoms with Gasteiger partial charge in [-0.15, -0.1) is 0 Å². The number of fused-ring (bicyclic) bond motifs is 6. The van der Waals surface area contributed by atoms with Crippen LogP contribution in [0.3, 0.4) is 0 Å². The number of allylic oxidation sites excluding steroid dienone is 2. The van der Waals surface area contributed by atoms with Gasteiger partial charge in [-0.3, -0.25) is 0 Å². The topological polar surface area (TPSA) is 0 Å². The van der Waals surface area contributed by atoms with Crippen molar-refractivity contribution < 1.29 is 0 Å². The molecule has 0 aliphatic heterocycles. The third kappa shape index (κ3) is 1.03. The van der Waals surface area contributed by atoms with E-state index in [0.29, 0.717) is 11.8 Å². The summed E-state index contributed by atoms with van der Waals surface area (Å²) in [6, 6.07) is 13.3. The summed E-state index contributed by atoms with van der Waals surface area (Å²) in [6.45, 7) is 8.39. The summed E-state index contributed by atoms with van der Waals surface area (Å²) in [5, 5.41) is 2.69. The first-order valence-corrected chi connectivity index (χ1v) is 6.16. The predicted octanol–water partition coefficient (Wildman–Crippen LogP) is 4.54. The second-order valence-corrected chi connectivity index (χ2v) is 5.22. The third-order valence-corrected chi connectivity index (χ3v) is 4.43. The normalized spacial score (nSPS) is 25.6. The van der Waals surface area contributed by atoms with Crippen molar-refractivity contribution in [1.29, 1.82) is 0 Å². The molecule has 0 heterocycles. The van der Waals surface area contributed by atoms with Gasteiger partial charge in [0.15, 0.2) is 0 Å². The zero-order chi connectivity index (χ0) is 11.6. The van der Waals surface area contributed by atoms with Crippen LogP contribution in [0.1, 0.15) is 29.4 Å². The fourth-order valence-electron chi connectivity index (χ4n) is 3.48. The third-order valence-electron chi connectivity index (χ3n) is 4.43. The lowest BCUT2D eigenvalue weighted by molar-refractivity contribution is 0.809. The average molecular weight is 218 g/mol. The van der Waals surface area contributed by atoms with Gasteiger partial charge in [0, 0.05) is 11.8 Å². The summed E-state index contributed by atoms with van der Waals surface area (Å²) in [5.74, 6) is 1.07. The summed E-state index contributed by atoms with van der Waals surface area (Å²) in [6.07, 6.45) is 1.20. The molecule has 2 aliphatic carbocycles. The van der Waals surface area contributed by atoms with Crippen LogP contribution in [0.25, 0.3) is 10.8 Å². The van der Waals surface area contributed by atoms with Crippen LogP contribution in [0.15, 0.2) is 60.7 Å². The smallest absolute Gasteiger partial charge is 0.00984 e. The van der Waals surface area contributed by atoms with E-state index < -0.39 is 0 Å². The van der Waals surface area contributed by atoms with Gasteiger partial charge in [0.25, 0.3) is 0 Å². The molecule has 2 aromatic carbocycles. The van der Waals surface area contributed by atoms with Crippen molar-refractivity contribution in [2.24, 2.45) is 0 Å². The summed E-state index contributed by atoms with van der Waals surface area (Å²) in [7, 11) is 0. The monoisotopic (exact) mass is 218 g/mol. The van der Waals surface area contributed by atoms with Crippen molar-refractivity contribution in [2.45, 2.75) is 18.3 Å². The van der Waals surface area contributed by atoms with Crippen molar-refractivity contribution >= 4 is 10.8 Å². The van der Waals surface area contributed by atoms with E-state index in [4.69, 9.17) is 0 Å². The molecule has 0 radical (unpaired) electrons. The highest BCUT2D eigenvalue weighted by molar-refractivity contribution is 5.86. The van der Waals surface area contributed by atoms with Crippen molar-refractivity contribution in [3.05, 3.63) is 71.8 Å². The van der Waals surface area contributed by atoms with Crippen LogP contribution in [0, 0.1) is 0 Å². The van der Waals surface area contributed by atoms with E-state index in [2.05, 4.69) is 49.6 Å². The minimum absolute atomic E-state index is 0.534. The number of benzene rings is 2. The van der Waals surface area contributed by atoms with Gasteiger partial charge < -0.3 is 0 Å². The summed E-state index contributed by atoms with van der Waals surface area (Å²) in [4.78, 5) is 0. The van der Waals surface area contributed by atoms with Gasteiger partial charge in [-0.05, 0) is 39.5 Å². The van der Waals surface area contributed by atoms with Crippen molar-refractivity contribution in [1.82, 2.24) is 0 Å². The second-order valence-electron chi connectivity index (χ2n) is 5.22. The Morgan fingerprint density at radius 2 is 1.29 bits per heavy atom. The maximum absolute atomic E-state index is 4.20. The molecule has 0 spiro atoms. The fraction of sp³-hybridized carbons (Fsp3) is 0.176. The van der Waals surface area contributed by atoms with Crippen LogP contribution in [0.5, 0.6) is 0 Å². The van der Waals surface area contributed by atoms with E-state index in [0.717, 1.165) is 0 Å². The Balaban J connectivity index is 2.06. The average Bonchev–Trinajstić information content (AvgIpc) is 2.85. The molecule has 4 rings (SSSR count). The lowest BCUT2D eigenvalue weighted by Crippen LogP contribution is -2.02. The maximum atomic E-state index is 4.20. The first kappa shape index (κ1) is 9.23. The van der Waals surface area contributed by atoms with Crippen molar-refractivity contribution in [2.75, 3.05) is 0 Å². The highest BCUT2D eigenvalue weighted by atomic mass is 14.4. The van der Waals surface area contributed by atoms with Gasteiger partial charge in [-0.1, -0.05) is 49.6 Å². The van der Waals surface area contributed by atoms with Crippen LogP contribution in [0.4, 0.5) is 0 Å². The molecule has 1 saturated carbocycles. The van der Waals surface area contributed by atoms with Gasteiger partial charge in [0.05, 0.1) is 0 Å². The molecule has 0 amide bonds. The first-order valence-electron chi connectivity index (χ1n) is 6.16. The Morgan fingerprint density at radius 1 is 0.824 bits per heavy atom. The molecule has 17 heavy (non-hydrogen) atoms. The highest BCUT2D eigenvalue weighted by Gasteiger charge is 2.41. The summed E-state index contributed by atoms with van der Waals surface area (Å²) >= 11 is 0. The van der Waals surface area contributed by atoms with Gasteiger partial charge in [-0.25, -0.2) is 0 Å². The van der Waals surface area contributed by atoms with Gasteiger partial charge >= 0.3 is 0 Å². The van der Waals surface area contributed by atoms with E-state index in [9.17, 15) is 0 Å². The van der Waals surface area contributed by atoms with Crippen molar-refractivity contribution in [3.63, 3.8) is 0 Å². The SMILES string of the molecule is C=C1C(=C)C2CC1c1cc3ccccc3cc12. The Morgan fingerprint density at radius 3 is 1.76 bits per heavy atom. The van der Waals surface area contributed by atoms with E-state index >= 15 is 0 Å². The van der Waals surface area contributed by atoms with Gasteiger partial charge in [-0.2, -0.15) is 0 Å². The molecular weight excluding hydrogens is 204 g/mol. The van der Waals surface area contributed by atoms with E-state index in [1.165, 1.54) is 39.5 Å². The molecule has 0 N–H and O–H groups in total. The zero-order valence-electron chi connectivity index (χ0n) is 9.74. The fourth-order valence-corrected chi connectivity index (χ4v) is 3.48. The van der Waals surface area contributed by atoms with E-state index in [1.54, 1.807) is 0 Å². The first-order chi connectivity index (χ1) is 8.25. The lowest BCUT2D eigenvalue weighted by atomic mass is 9.84. The molecule has 2 unspecified atom stereocenters. The summed E-state index contributed by atoms with van der Waals surface area (Å²) in [5.41, 5.74) is 5.51. The summed E-state index contributed by atoms with van der Waals surface area (Å²) < 4.78 is 0. The Bertz CT molecular complexity index is 617. The highest BCUT2D eigenvalue weighted by Crippen LogP contribution is 2.58. The molecule has 2 aromatic rings. The molecule has 0 saturated heterocycles. The predicted molar refractivity (Wildman–Crippen MR) is 72.3 cm³/mol. The Hall–Kier alpha value is -1.82. The van der Waals surface area contributed by atoms with E-state index in [1.807, 2.05) is 0 Å². The van der Waals surface area contributed by atoms with Crippen molar-refractivity contribution in [3.8, 4) is 0 Å². The maximum Gasteiger partial charge on any atom is 0.00984 e. The largest absolute Gasteiger partial charge is 0.0949 e. The number of hydrogen-bond donors (Lipinski definition) is 0. The molecule has 82 valence electrons. The van der Waals surface area contributed by atoms with Crippen LogP contribution in [-0.2, 0) is 0 Å². The molecule has 2 aliphatic rings. The quantitative estimate of drug-likeness (QED) is 0.609. The second kappa shape index (κ2) is 2.89. The lowest BCUT2D eigenvalue weighted by Gasteiger charge is -2.20. The number of rotatable bonds is 0. The zero-order valence-corrected chi connectivity index (χ0v) is 9.74. The van der Waals surface area contributed by atoms with Crippen LogP contribution >= 0.6 is 0 Å². The molecule has 0 heteroatoms. The number of hydrogen-bond acceptors (Lipinski definition) is 0. The molecule has 2 atom stereocenters. The van der Waals surface area contributed by atoms with E-state index in [-0.39, 0.29) is 0 Å². The van der Waals surface area contributed by atoms with Gasteiger partial charge in [0.1, 0.15) is 0 Å². The van der Waals surface area contributed by atoms with Crippen LogP contribution in [-0.4, -0.2) is 0 Å². The molecule has 2 bridgehead atoms. The van der Waals surface area contributed by atoms with Crippen LogP contribution < -0.4 is 0 Å². The van der Waals surface area contributed by atoms with Gasteiger partial charge in [0.2, 0.25) is 0 Å². The minimum atomic E-state index is 0.534. The minimum Gasteiger partial charge on any atom is -0.0949 e. The molecule has 0 nitrogen and oxygen atoms in total. The van der Waals surface area contributed by atoms with Crippen LogP contribution in [0.2, 0.25) is 0 Å². The Labute approximate surface area is 101 Å². The standard InChI is InChI=1S/C17H14/c1-10-11(2)15-9-14(10)16-7-12-5-3-4-6-13(12)8-17(15)16/h3-8,14-15H,1-2,9H2. The molecule has 0 aromatic heterocycles.